The van der Waals surface area contributed by atoms with Crippen molar-refractivity contribution in [3.8, 4) is 11.5 Å². The second-order valence-corrected chi connectivity index (χ2v) is 6.05. The molecule has 1 aromatic carbocycles. The fourth-order valence-electron chi connectivity index (χ4n) is 1.82. The molecule has 112 valence electrons. The van der Waals surface area contributed by atoms with E-state index < -0.39 is 5.41 Å². The van der Waals surface area contributed by atoms with Gasteiger partial charge in [0.05, 0.1) is 17.0 Å². The molecule has 0 aliphatic carbocycles. The third kappa shape index (κ3) is 4.11. The van der Waals surface area contributed by atoms with E-state index in [0.29, 0.717) is 23.3 Å². The summed E-state index contributed by atoms with van der Waals surface area (Å²) in [6, 6.07) is 3.58. The molecule has 5 nitrogen and oxygen atoms in total. The van der Waals surface area contributed by atoms with E-state index in [4.69, 9.17) is 4.74 Å². The molecule has 0 radical (unpaired) electrons. The molecular weight excluding hydrogens is 324 g/mol. The second kappa shape index (κ2) is 6.95. The highest BCUT2D eigenvalue weighted by atomic mass is 79.9. The molecule has 20 heavy (non-hydrogen) atoms. The molecule has 6 heteroatoms. The van der Waals surface area contributed by atoms with Gasteiger partial charge in [-0.05, 0) is 47.5 Å². The van der Waals surface area contributed by atoms with Crippen molar-refractivity contribution in [1.82, 2.24) is 10.6 Å². The Labute approximate surface area is 127 Å². The van der Waals surface area contributed by atoms with E-state index >= 15 is 0 Å². The highest BCUT2D eigenvalue weighted by Gasteiger charge is 2.25. The highest BCUT2D eigenvalue weighted by molar-refractivity contribution is 9.10. The van der Waals surface area contributed by atoms with Crippen LogP contribution in [-0.4, -0.2) is 31.7 Å². The van der Waals surface area contributed by atoms with Crippen LogP contribution >= 0.6 is 15.9 Å². The van der Waals surface area contributed by atoms with E-state index in [2.05, 4.69) is 26.6 Å². The van der Waals surface area contributed by atoms with E-state index in [1.165, 1.54) is 7.11 Å². The highest BCUT2D eigenvalue weighted by Crippen LogP contribution is 2.35. The molecular formula is C14H21BrN2O3. The number of methoxy groups -OCH3 is 1. The average molecular weight is 345 g/mol. The quantitative estimate of drug-likeness (QED) is 0.738. The fourth-order valence-corrected chi connectivity index (χ4v) is 2.31. The van der Waals surface area contributed by atoms with Gasteiger partial charge in [0.1, 0.15) is 0 Å². The first kappa shape index (κ1) is 16.8. The van der Waals surface area contributed by atoms with Crippen LogP contribution in [0.4, 0.5) is 0 Å². The monoisotopic (exact) mass is 344 g/mol. The van der Waals surface area contributed by atoms with Crippen LogP contribution in [0.5, 0.6) is 11.5 Å². The minimum Gasteiger partial charge on any atom is -0.503 e. The van der Waals surface area contributed by atoms with Crippen LogP contribution in [0, 0.1) is 5.41 Å². The van der Waals surface area contributed by atoms with Gasteiger partial charge >= 0.3 is 0 Å². The molecule has 0 saturated heterocycles. The molecule has 0 spiro atoms. The van der Waals surface area contributed by atoms with Gasteiger partial charge in [-0.25, -0.2) is 0 Å². The minimum atomic E-state index is -0.479. The predicted octanol–water partition coefficient (Wildman–Crippen LogP) is 2.03. The first-order chi connectivity index (χ1) is 9.31. The summed E-state index contributed by atoms with van der Waals surface area (Å²) in [5.41, 5.74) is 0.478. The molecule has 0 unspecified atom stereocenters. The fraction of sp³-hybridized carbons (Fsp3) is 0.500. The lowest BCUT2D eigenvalue weighted by atomic mass is 9.92. The Morgan fingerprint density at radius 3 is 2.65 bits per heavy atom. The van der Waals surface area contributed by atoms with E-state index in [9.17, 15) is 9.90 Å². The standard InChI is InChI=1S/C14H21BrN2O3/c1-14(2,13(19)16-3)8-17-7-9-5-10(15)12(18)11(6-9)20-4/h5-6,17-18H,7-8H2,1-4H3,(H,16,19). The molecule has 0 aromatic heterocycles. The maximum absolute atomic E-state index is 11.7. The Balaban J connectivity index is 2.67. The van der Waals surface area contributed by atoms with Gasteiger partial charge in [0, 0.05) is 20.1 Å². The van der Waals surface area contributed by atoms with Crippen molar-refractivity contribution in [3.63, 3.8) is 0 Å². The molecule has 0 aliphatic heterocycles. The van der Waals surface area contributed by atoms with Crippen LogP contribution in [0.25, 0.3) is 0 Å². The van der Waals surface area contributed by atoms with E-state index in [-0.39, 0.29) is 11.7 Å². The van der Waals surface area contributed by atoms with E-state index in [1.54, 1.807) is 13.1 Å². The molecule has 3 N–H and O–H groups in total. The number of nitrogens with one attached hydrogen (secondary N) is 2. The van der Waals surface area contributed by atoms with Gasteiger partial charge < -0.3 is 20.5 Å². The summed E-state index contributed by atoms with van der Waals surface area (Å²) in [4.78, 5) is 11.7. The van der Waals surface area contributed by atoms with Crippen molar-refractivity contribution in [2.75, 3.05) is 20.7 Å². The van der Waals surface area contributed by atoms with Crippen molar-refractivity contribution in [3.05, 3.63) is 22.2 Å². The first-order valence-corrected chi connectivity index (χ1v) is 7.09. The Hall–Kier alpha value is -1.27. The Bertz CT molecular complexity index is 490. The maximum Gasteiger partial charge on any atom is 0.226 e. The molecule has 0 atom stereocenters. The van der Waals surface area contributed by atoms with E-state index in [0.717, 1.165) is 5.56 Å². The predicted molar refractivity (Wildman–Crippen MR) is 81.9 cm³/mol. The molecule has 0 heterocycles. The van der Waals surface area contributed by atoms with Crippen molar-refractivity contribution < 1.29 is 14.6 Å². The molecule has 1 rings (SSSR count). The summed E-state index contributed by atoms with van der Waals surface area (Å²) in [7, 11) is 3.14. The summed E-state index contributed by atoms with van der Waals surface area (Å²) in [6.07, 6.45) is 0. The zero-order chi connectivity index (χ0) is 15.3. The number of rotatable bonds is 6. The van der Waals surface area contributed by atoms with Crippen LogP contribution in [0.15, 0.2) is 16.6 Å². The van der Waals surface area contributed by atoms with Gasteiger partial charge in [0.15, 0.2) is 11.5 Å². The minimum absolute atomic E-state index is 0.00512. The van der Waals surface area contributed by atoms with Crippen LogP contribution in [0.3, 0.4) is 0 Å². The number of phenolic OH excluding ortho intramolecular Hbond substituents is 1. The van der Waals surface area contributed by atoms with Gasteiger partial charge in [-0.15, -0.1) is 0 Å². The van der Waals surface area contributed by atoms with Crippen molar-refractivity contribution in [2.24, 2.45) is 5.41 Å². The summed E-state index contributed by atoms with van der Waals surface area (Å²) in [5, 5.41) is 15.6. The van der Waals surface area contributed by atoms with Crippen LogP contribution < -0.4 is 15.4 Å². The summed E-state index contributed by atoms with van der Waals surface area (Å²) in [5.74, 6) is 0.498. The molecule has 0 aliphatic rings. The SMILES string of the molecule is CNC(=O)C(C)(C)CNCc1cc(Br)c(O)c(OC)c1. The zero-order valence-electron chi connectivity index (χ0n) is 12.2. The molecule has 0 saturated carbocycles. The lowest BCUT2D eigenvalue weighted by molar-refractivity contribution is -0.128. The number of hydrogen-bond acceptors (Lipinski definition) is 4. The Morgan fingerprint density at radius 2 is 2.10 bits per heavy atom. The third-order valence-electron chi connectivity index (χ3n) is 3.05. The van der Waals surface area contributed by atoms with Gasteiger partial charge in [0.25, 0.3) is 0 Å². The van der Waals surface area contributed by atoms with Gasteiger partial charge in [0.2, 0.25) is 5.91 Å². The lowest BCUT2D eigenvalue weighted by Crippen LogP contribution is -2.41. The number of ether oxygens (including phenoxy) is 1. The number of carbonyl (C=O) groups excluding carboxylic acids is 1. The number of carbonyl (C=O) groups is 1. The van der Waals surface area contributed by atoms with Gasteiger partial charge in [-0.1, -0.05) is 0 Å². The summed E-state index contributed by atoms with van der Waals surface area (Å²) < 4.78 is 5.68. The maximum atomic E-state index is 11.7. The summed E-state index contributed by atoms with van der Waals surface area (Å²) >= 11 is 3.28. The van der Waals surface area contributed by atoms with Crippen LogP contribution in [-0.2, 0) is 11.3 Å². The molecule has 1 aromatic rings. The number of phenols is 1. The Kier molecular flexibility index (Phi) is 5.83. The van der Waals surface area contributed by atoms with Gasteiger partial charge in [-0.2, -0.15) is 0 Å². The number of benzene rings is 1. The first-order valence-electron chi connectivity index (χ1n) is 6.30. The number of hydrogen-bond donors (Lipinski definition) is 3. The normalized spacial score (nSPS) is 11.2. The van der Waals surface area contributed by atoms with Crippen LogP contribution in [0.1, 0.15) is 19.4 Å². The number of aromatic hydroxyl groups is 1. The number of halogens is 1. The lowest BCUT2D eigenvalue weighted by Gasteiger charge is -2.23. The molecule has 0 fully saturated rings. The van der Waals surface area contributed by atoms with E-state index in [1.807, 2.05) is 19.9 Å². The van der Waals surface area contributed by atoms with Crippen molar-refractivity contribution >= 4 is 21.8 Å². The Morgan fingerprint density at radius 1 is 1.45 bits per heavy atom. The van der Waals surface area contributed by atoms with Crippen LogP contribution in [0.2, 0.25) is 0 Å². The average Bonchev–Trinajstić information content (AvgIpc) is 2.41. The summed E-state index contributed by atoms with van der Waals surface area (Å²) in [6.45, 7) is 4.89. The van der Waals surface area contributed by atoms with Gasteiger partial charge in [-0.3, -0.25) is 4.79 Å². The van der Waals surface area contributed by atoms with Crippen molar-refractivity contribution in [2.45, 2.75) is 20.4 Å². The van der Waals surface area contributed by atoms with Crippen molar-refractivity contribution in [1.29, 1.82) is 0 Å². The molecule has 0 bridgehead atoms. The molecule has 1 amide bonds. The second-order valence-electron chi connectivity index (χ2n) is 5.20. The third-order valence-corrected chi connectivity index (χ3v) is 3.65. The number of amides is 1. The largest absolute Gasteiger partial charge is 0.503 e. The smallest absolute Gasteiger partial charge is 0.226 e. The topological polar surface area (TPSA) is 70.6 Å². The zero-order valence-corrected chi connectivity index (χ0v) is 13.8.